The van der Waals surface area contributed by atoms with Crippen LogP contribution in [-0.2, 0) is 22.8 Å². The van der Waals surface area contributed by atoms with Crippen molar-refractivity contribution in [2.24, 2.45) is 13.0 Å². The zero-order chi connectivity index (χ0) is 17.9. The van der Waals surface area contributed by atoms with Crippen LogP contribution in [0.3, 0.4) is 0 Å². The van der Waals surface area contributed by atoms with Gasteiger partial charge in [-0.25, -0.2) is 4.79 Å². The van der Waals surface area contributed by atoms with Crippen LogP contribution < -0.4 is 5.32 Å². The largest absolute Gasteiger partial charge is 0.480 e. The Morgan fingerprint density at radius 3 is 2.58 bits per heavy atom. The van der Waals surface area contributed by atoms with Crippen LogP contribution in [0.5, 0.6) is 0 Å². The molecule has 1 unspecified atom stereocenters. The minimum atomic E-state index is -4.68. The van der Waals surface area contributed by atoms with Crippen LogP contribution in [0.1, 0.15) is 35.4 Å². The minimum Gasteiger partial charge on any atom is -0.480 e. The number of carbonyl (C=O) groups excluding carboxylic acids is 1. The first-order chi connectivity index (χ1) is 11.2. The van der Waals surface area contributed by atoms with Gasteiger partial charge in [0.05, 0.1) is 0 Å². The van der Waals surface area contributed by atoms with Gasteiger partial charge in [0, 0.05) is 26.3 Å². The molecule has 1 aromatic rings. The van der Waals surface area contributed by atoms with E-state index >= 15 is 0 Å². The number of carboxylic acid groups (broad SMARTS) is 1. The number of halogens is 3. The monoisotopic (exact) mass is 349 g/mol. The Balaban J connectivity index is 2.07. The van der Waals surface area contributed by atoms with Gasteiger partial charge in [0.15, 0.2) is 5.69 Å². The van der Waals surface area contributed by atoms with E-state index in [4.69, 9.17) is 4.74 Å². The maximum atomic E-state index is 12.6. The van der Waals surface area contributed by atoms with Gasteiger partial charge in [0.2, 0.25) is 0 Å². The van der Waals surface area contributed by atoms with Gasteiger partial charge in [0.25, 0.3) is 5.91 Å². The topological polar surface area (TPSA) is 93.5 Å². The second kappa shape index (κ2) is 7.20. The SMILES string of the molecule is Cn1nc(C(F)(F)F)cc1C(=O)NC(CC1CCOCC1)C(=O)O. The summed E-state index contributed by atoms with van der Waals surface area (Å²) in [6.45, 7) is 1.06. The number of aliphatic carboxylic acids is 1. The van der Waals surface area contributed by atoms with Gasteiger partial charge in [-0.1, -0.05) is 0 Å². The van der Waals surface area contributed by atoms with Gasteiger partial charge in [-0.2, -0.15) is 18.3 Å². The summed E-state index contributed by atoms with van der Waals surface area (Å²) in [6, 6.07) is -0.576. The summed E-state index contributed by atoms with van der Waals surface area (Å²) in [6.07, 6.45) is -3.10. The van der Waals surface area contributed by atoms with E-state index in [1.165, 1.54) is 7.05 Å². The van der Waals surface area contributed by atoms with Crippen LogP contribution >= 0.6 is 0 Å². The van der Waals surface area contributed by atoms with Crippen LogP contribution in [0.2, 0.25) is 0 Å². The molecule has 1 aromatic heterocycles. The van der Waals surface area contributed by atoms with Crippen molar-refractivity contribution in [3.8, 4) is 0 Å². The highest BCUT2D eigenvalue weighted by molar-refractivity contribution is 5.95. The minimum absolute atomic E-state index is 0.0809. The highest BCUT2D eigenvalue weighted by atomic mass is 19.4. The standard InChI is InChI=1S/C14H18F3N3O4/c1-20-10(7-11(19-20)14(15,16)17)12(21)18-9(13(22)23)6-8-2-4-24-5-3-8/h7-9H,2-6H2,1H3,(H,18,21)(H,22,23). The lowest BCUT2D eigenvalue weighted by molar-refractivity contribution is -0.141. The number of amides is 1. The number of carboxylic acids is 1. The maximum Gasteiger partial charge on any atom is 0.435 e. The highest BCUT2D eigenvalue weighted by Gasteiger charge is 2.36. The van der Waals surface area contributed by atoms with Crippen molar-refractivity contribution >= 4 is 11.9 Å². The summed E-state index contributed by atoms with van der Waals surface area (Å²) in [5.41, 5.74) is -1.55. The molecular formula is C14H18F3N3O4. The fourth-order valence-corrected chi connectivity index (χ4v) is 2.59. The third-order valence-electron chi connectivity index (χ3n) is 3.92. The Labute approximate surface area is 135 Å². The van der Waals surface area contributed by atoms with Crippen molar-refractivity contribution in [2.45, 2.75) is 31.5 Å². The number of carbonyl (C=O) groups is 2. The third-order valence-corrected chi connectivity index (χ3v) is 3.92. The van der Waals surface area contributed by atoms with E-state index in [2.05, 4.69) is 10.4 Å². The molecule has 1 atom stereocenters. The fraction of sp³-hybridized carbons (Fsp3) is 0.643. The molecule has 7 nitrogen and oxygen atoms in total. The number of hydrogen-bond donors (Lipinski definition) is 2. The average molecular weight is 349 g/mol. The molecule has 0 spiro atoms. The van der Waals surface area contributed by atoms with Gasteiger partial charge in [-0.15, -0.1) is 0 Å². The summed E-state index contributed by atoms with van der Waals surface area (Å²) in [5.74, 6) is -2.05. The first-order valence-electron chi connectivity index (χ1n) is 7.41. The van der Waals surface area contributed by atoms with E-state index in [0.717, 1.165) is 4.68 Å². The van der Waals surface area contributed by atoms with Crippen LogP contribution in [0.15, 0.2) is 6.07 Å². The van der Waals surface area contributed by atoms with E-state index in [0.29, 0.717) is 32.1 Å². The molecule has 0 saturated carbocycles. The lowest BCUT2D eigenvalue weighted by atomic mass is 9.92. The second-order valence-corrected chi connectivity index (χ2v) is 5.69. The van der Waals surface area contributed by atoms with Crippen molar-refractivity contribution in [1.82, 2.24) is 15.1 Å². The van der Waals surface area contributed by atoms with Gasteiger partial charge in [0.1, 0.15) is 11.7 Å². The van der Waals surface area contributed by atoms with Crippen LogP contribution in [0.25, 0.3) is 0 Å². The summed E-state index contributed by atoms with van der Waals surface area (Å²) >= 11 is 0. The Morgan fingerprint density at radius 1 is 1.46 bits per heavy atom. The molecule has 2 rings (SSSR count). The molecule has 1 fully saturated rings. The first-order valence-corrected chi connectivity index (χ1v) is 7.41. The van der Waals surface area contributed by atoms with Crippen molar-refractivity contribution in [2.75, 3.05) is 13.2 Å². The Kier molecular flexibility index (Phi) is 5.47. The number of alkyl halides is 3. The van der Waals surface area contributed by atoms with E-state index in [1.807, 2.05) is 0 Å². The number of nitrogens with zero attached hydrogens (tertiary/aromatic N) is 2. The molecule has 0 aliphatic carbocycles. The van der Waals surface area contributed by atoms with Gasteiger partial charge < -0.3 is 15.2 Å². The van der Waals surface area contributed by atoms with Gasteiger partial charge in [-0.05, 0) is 25.2 Å². The number of aryl methyl sites for hydroxylation is 1. The summed E-state index contributed by atoms with van der Waals surface area (Å²) in [4.78, 5) is 23.5. The van der Waals surface area contributed by atoms with Crippen LogP contribution in [-0.4, -0.2) is 46.0 Å². The normalized spacial score (nSPS) is 17.5. The summed E-state index contributed by atoms with van der Waals surface area (Å²) in [5, 5.41) is 14.8. The molecule has 1 saturated heterocycles. The van der Waals surface area contributed by atoms with Crippen molar-refractivity contribution in [1.29, 1.82) is 0 Å². The molecule has 1 aliphatic heterocycles. The van der Waals surface area contributed by atoms with E-state index in [1.54, 1.807) is 0 Å². The van der Waals surface area contributed by atoms with Crippen molar-refractivity contribution in [3.63, 3.8) is 0 Å². The van der Waals surface area contributed by atoms with E-state index in [-0.39, 0.29) is 18.0 Å². The lowest BCUT2D eigenvalue weighted by Crippen LogP contribution is -2.43. The number of nitrogens with one attached hydrogen (secondary N) is 1. The van der Waals surface area contributed by atoms with Crippen molar-refractivity contribution in [3.05, 3.63) is 17.5 Å². The molecular weight excluding hydrogens is 331 g/mol. The molecule has 2 N–H and O–H groups in total. The average Bonchev–Trinajstić information content (AvgIpc) is 2.89. The third kappa shape index (κ3) is 4.47. The number of aromatic nitrogens is 2. The molecule has 2 heterocycles. The van der Waals surface area contributed by atoms with Gasteiger partial charge in [-0.3, -0.25) is 9.48 Å². The Hall–Kier alpha value is -2.10. The molecule has 1 aliphatic rings. The molecule has 0 bridgehead atoms. The molecule has 0 aromatic carbocycles. The van der Waals surface area contributed by atoms with E-state index in [9.17, 15) is 27.9 Å². The molecule has 134 valence electrons. The Morgan fingerprint density at radius 2 is 2.08 bits per heavy atom. The smallest absolute Gasteiger partial charge is 0.435 e. The van der Waals surface area contributed by atoms with Crippen LogP contribution in [0, 0.1) is 5.92 Å². The fourth-order valence-electron chi connectivity index (χ4n) is 2.59. The lowest BCUT2D eigenvalue weighted by Gasteiger charge is -2.25. The molecule has 24 heavy (non-hydrogen) atoms. The molecule has 1 amide bonds. The predicted octanol–water partition coefficient (Wildman–Crippen LogP) is 1.44. The van der Waals surface area contributed by atoms with Crippen LogP contribution in [0.4, 0.5) is 13.2 Å². The molecule has 0 radical (unpaired) electrons. The predicted molar refractivity (Wildman–Crippen MR) is 75.3 cm³/mol. The number of ether oxygens (including phenoxy) is 1. The first kappa shape index (κ1) is 18.2. The zero-order valence-electron chi connectivity index (χ0n) is 13.0. The van der Waals surface area contributed by atoms with E-state index < -0.39 is 29.8 Å². The Bertz CT molecular complexity index is 609. The zero-order valence-corrected chi connectivity index (χ0v) is 13.0. The van der Waals surface area contributed by atoms with Crippen molar-refractivity contribution < 1.29 is 32.6 Å². The maximum absolute atomic E-state index is 12.6. The quantitative estimate of drug-likeness (QED) is 0.839. The number of hydrogen-bond acceptors (Lipinski definition) is 4. The second-order valence-electron chi connectivity index (χ2n) is 5.69. The highest BCUT2D eigenvalue weighted by Crippen LogP contribution is 2.28. The summed E-state index contributed by atoms with van der Waals surface area (Å²) in [7, 11) is 1.19. The van der Waals surface area contributed by atoms with Gasteiger partial charge >= 0.3 is 12.1 Å². The molecule has 10 heteroatoms. The summed E-state index contributed by atoms with van der Waals surface area (Å²) < 4.78 is 43.9. The number of rotatable bonds is 5.